The van der Waals surface area contributed by atoms with E-state index in [1.54, 1.807) is 24.3 Å². The van der Waals surface area contributed by atoms with Gasteiger partial charge in [-0.3, -0.25) is 4.79 Å². The number of rotatable bonds is 6. The van der Waals surface area contributed by atoms with Crippen molar-refractivity contribution in [3.8, 4) is 11.5 Å². The van der Waals surface area contributed by atoms with Crippen molar-refractivity contribution in [1.29, 1.82) is 0 Å². The molecule has 25 heavy (non-hydrogen) atoms. The zero-order valence-electron chi connectivity index (χ0n) is 14.0. The third kappa shape index (κ3) is 5.05. The highest BCUT2D eigenvalue weighted by molar-refractivity contribution is 7.89. The molecule has 0 aliphatic carbocycles. The van der Waals surface area contributed by atoms with E-state index in [0.717, 1.165) is 5.56 Å². The van der Waals surface area contributed by atoms with Gasteiger partial charge in [0.05, 0.1) is 18.2 Å². The van der Waals surface area contributed by atoms with Crippen molar-refractivity contribution in [2.75, 3.05) is 7.11 Å². The van der Waals surface area contributed by atoms with Crippen LogP contribution in [-0.4, -0.2) is 27.7 Å². The van der Waals surface area contributed by atoms with Gasteiger partial charge in [-0.15, -0.1) is 0 Å². The molecule has 1 N–H and O–H groups in total. The van der Waals surface area contributed by atoms with Crippen molar-refractivity contribution in [2.45, 2.75) is 18.7 Å². The molecule has 0 amide bonds. The lowest BCUT2D eigenvalue weighted by Gasteiger charge is -2.08. The lowest BCUT2D eigenvalue weighted by atomic mass is 10.2. The van der Waals surface area contributed by atoms with Crippen LogP contribution in [0.4, 0.5) is 0 Å². The van der Waals surface area contributed by atoms with Crippen molar-refractivity contribution >= 4 is 22.2 Å². The number of nitrogens with zero attached hydrogens (tertiary/aromatic N) is 1. The molecule has 0 aliphatic heterocycles. The van der Waals surface area contributed by atoms with Gasteiger partial charge in [0.2, 0.25) is 0 Å². The van der Waals surface area contributed by atoms with Crippen LogP contribution in [0.25, 0.3) is 0 Å². The fraction of sp³-hybridized carbons (Fsp3) is 0.176. The van der Waals surface area contributed by atoms with E-state index in [1.807, 2.05) is 6.92 Å². The molecule has 0 aliphatic rings. The molecule has 0 aromatic heterocycles. The summed E-state index contributed by atoms with van der Waals surface area (Å²) in [6.07, 6.45) is 1.33. The molecule has 0 saturated carbocycles. The minimum atomic E-state index is -3.74. The maximum atomic E-state index is 12.1. The average molecular weight is 362 g/mol. The summed E-state index contributed by atoms with van der Waals surface area (Å²) in [7, 11) is -2.30. The molecule has 8 heteroatoms. The SMILES string of the molecule is COc1cc(/C=N\NS(=O)(=O)c2ccc(C)cc2)ccc1OC(C)=O. The van der Waals surface area contributed by atoms with E-state index in [0.29, 0.717) is 11.3 Å². The molecule has 7 nitrogen and oxygen atoms in total. The Labute approximate surface area is 146 Å². The highest BCUT2D eigenvalue weighted by atomic mass is 32.2. The predicted molar refractivity (Wildman–Crippen MR) is 93.4 cm³/mol. The summed E-state index contributed by atoms with van der Waals surface area (Å²) in [4.78, 5) is 13.3. The Morgan fingerprint density at radius 3 is 2.40 bits per heavy atom. The molecule has 2 rings (SSSR count). The second-order valence-corrected chi connectivity index (χ2v) is 6.83. The minimum Gasteiger partial charge on any atom is -0.493 e. The highest BCUT2D eigenvalue weighted by Gasteiger charge is 2.12. The first-order valence-electron chi connectivity index (χ1n) is 7.30. The molecular weight excluding hydrogens is 344 g/mol. The first-order valence-corrected chi connectivity index (χ1v) is 8.78. The Bertz CT molecular complexity index is 890. The first kappa shape index (κ1) is 18.5. The van der Waals surface area contributed by atoms with E-state index in [9.17, 15) is 13.2 Å². The monoisotopic (exact) mass is 362 g/mol. The topological polar surface area (TPSA) is 94.1 Å². The number of methoxy groups -OCH3 is 1. The number of hydrogen-bond donors (Lipinski definition) is 1. The third-order valence-corrected chi connectivity index (χ3v) is 4.40. The molecule has 132 valence electrons. The molecule has 0 spiro atoms. The number of esters is 1. The van der Waals surface area contributed by atoms with E-state index in [-0.39, 0.29) is 10.6 Å². The number of sulfonamides is 1. The van der Waals surface area contributed by atoms with E-state index < -0.39 is 16.0 Å². The second-order valence-electron chi connectivity index (χ2n) is 5.17. The van der Waals surface area contributed by atoms with Gasteiger partial charge in [-0.2, -0.15) is 13.5 Å². The van der Waals surface area contributed by atoms with Gasteiger partial charge in [0, 0.05) is 6.92 Å². The largest absolute Gasteiger partial charge is 0.493 e. The van der Waals surface area contributed by atoms with Crippen molar-refractivity contribution in [2.24, 2.45) is 5.10 Å². The Hall–Kier alpha value is -2.87. The van der Waals surface area contributed by atoms with Crippen molar-refractivity contribution in [1.82, 2.24) is 4.83 Å². The molecule has 0 saturated heterocycles. The zero-order chi connectivity index (χ0) is 18.4. The molecule has 0 atom stereocenters. The maximum Gasteiger partial charge on any atom is 0.308 e. The van der Waals surface area contributed by atoms with Crippen LogP contribution in [0.1, 0.15) is 18.1 Å². The number of hydrazone groups is 1. The van der Waals surface area contributed by atoms with Crippen molar-refractivity contribution < 1.29 is 22.7 Å². The summed E-state index contributed by atoms with van der Waals surface area (Å²) >= 11 is 0. The molecule has 0 radical (unpaired) electrons. The van der Waals surface area contributed by atoms with Crippen LogP contribution in [0.3, 0.4) is 0 Å². The van der Waals surface area contributed by atoms with Crippen molar-refractivity contribution in [3.05, 3.63) is 53.6 Å². The number of hydrogen-bond acceptors (Lipinski definition) is 6. The second kappa shape index (κ2) is 7.80. The lowest BCUT2D eigenvalue weighted by molar-refractivity contribution is -0.132. The summed E-state index contributed by atoms with van der Waals surface area (Å²) < 4.78 is 34.4. The van der Waals surface area contributed by atoms with E-state index in [4.69, 9.17) is 9.47 Å². The summed E-state index contributed by atoms with van der Waals surface area (Å²) in [5.41, 5.74) is 1.53. The standard InChI is InChI=1S/C17H18N2O5S/c1-12-4-7-15(8-5-12)25(21,22)19-18-11-14-6-9-16(24-13(2)20)17(10-14)23-3/h4-11,19H,1-3H3/b18-11-. The normalized spacial score (nSPS) is 11.3. The summed E-state index contributed by atoms with van der Waals surface area (Å²) in [5, 5.41) is 3.75. The summed E-state index contributed by atoms with van der Waals surface area (Å²) in [5.74, 6) is 0.138. The van der Waals surface area contributed by atoms with Crippen LogP contribution in [0.15, 0.2) is 52.5 Å². The molecule has 2 aromatic rings. The fourth-order valence-corrected chi connectivity index (χ4v) is 2.74. The molecule has 0 fully saturated rings. The molecule has 0 heterocycles. The van der Waals surface area contributed by atoms with Gasteiger partial charge in [0.15, 0.2) is 11.5 Å². The van der Waals surface area contributed by atoms with E-state index in [2.05, 4.69) is 9.93 Å². The molecule has 0 unspecified atom stereocenters. The average Bonchev–Trinajstić information content (AvgIpc) is 2.56. The Morgan fingerprint density at radius 1 is 1.12 bits per heavy atom. The van der Waals surface area contributed by atoms with Gasteiger partial charge in [0.1, 0.15) is 0 Å². The quantitative estimate of drug-likeness (QED) is 0.368. The number of ether oxygens (including phenoxy) is 2. The van der Waals surface area contributed by atoms with Gasteiger partial charge in [0.25, 0.3) is 10.0 Å². The van der Waals surface area contributed by atoms with Crippen LogP contribution in [0, 0.1) is 6.92 Å². The van der Waals surface area contributed by atoms with Crippen LogP contribution < -0.4 is 14.3 Å². The fourth-order valence-electron chi connectivity index (χ4n) is 1.94. The number of aryl methyl sites for hydroxylation is 1. The van der Waals surface area contributed by atoms with Gasteiger partial charge in [-0.1, -0.05) is 17.7 Å². The van der Waals surface area contributed by atoms with Gasteiger partial charge in [-0.05, 0) is 42.8 Å². The van der Waals surface area contributed by atoms with Crippen molar-refractivity contribution in [3.63, 3.8) is 0 Å². The number of nitrogens with one attached hydrogen (secondary N) is 1. The zero-order valence-corrected chi connectivity index (χ0v) is 14.8. The summed E-state index contributed by atoms with van der Waals surface area (Å²) in [6, 6.07) is 11.1. The maximum absolute atomic E-state index is 12.1. The predicted octanol–water partition coefficient (Wildman–Crippen LogP) is 2.24. The van der Waals surface area contributed by atoms with E-state index in [1.165, 1.54) is 38.4 Å². The molecular formula is C17H18N2O5S. The van der Waals surface area contributed by atoms with Gasteiger partial charge >= 0.3 is 5.97 Å². The number of carbonyl (C=O) groups is 1. The van der Waals surface area contributed by atoms with E-state index >= 15 is 0 Å². The Balaban J connectivity index is 2.13. The minimum absolute atomic E-state index is 0.123. The smallest absolute Gasteiger partial charge is 0.308 e. The van der Waals surface area contributed by atoms with Crippen LogP contribution in [0.5, 0.6) is 11.5 Å². The van der Waals surface area contributed by atoms with Crippen LogP contribution in [-0.2, 0) is 14.8 Å². The van der Waals surface area contributed by atoms with Crippen LogP contribution >= 0.6 is 0 Å². The number of carbonyl (C=O) groups excluding carboxylic acids is 1. The lowest BCUT2D eigenvalue weighted by Crippen LogP contribution is -2.18. The molecule has 2 aromatic carbocycles. The summed E-state index contributed by atoms with van der Waals surface area (Å²) in [6.45, 7) is 3.16. The van der Waals surface area contributed by atoms with Gasteiger partial charge in [-0.25, -0.2) is 4.83 Å². The Kier molecular flexibility index (Phi) is 5.76. The highest BCUT2D eigenvalue weighted by Crippen LogP contribution is 2.27. The number of benzene rings is 2. The van der Waals surface area contributed by atoms with Gasteiger partial charge < -0.3 is 9.47 Å². The molecule has 0 bridgehead atoms. The Morgan fingerprint density at radius 2 is 1.80 bits per heavy atom. The third-order valence-electron chi connectivity index (χ3n) is 3.16. The van der Waals surface area contributed by atoms with Crippen LogP contribution in [0.2, 0.25) is 0 Å². The first-order chi connectivity index (χ1) is 11.8.